The molecule has 0 radical (unpaired) electrons. The third kappa shape index (κ3) is 3.02. The molecule has 0 bridgehead atoms. The summed E-state index contributed by atoms with van der Waals surface area (Å²) in [6, 6.07) is 6.03. The largest absolute Gasteiger partial charge is 0.347 e. The number of rotatable bonds is 6. The lowest BCUT2D eigenvalue weighted by Crippen LogP contribution is -1.98. The highest BCUT2D eigenvalue weighted by Crippen LogP contribution is 2.25. The number of fused-ring (bicyclic) bond motifs is 1. The Morgan fingerprint density at radius 2 is 2.22 bits per heavy atom. The number of nitrogens with two attached hydrogens (primary N) is 1. The van der Waals surface area contributed by atoms with E-state index >= 15 is 0 Å². The molecule has 0 amide bonds. The van der Waals surface area contributed by atoms with Crippen LogP contribution < -0.4 is 5.73 Å². The van der Waals surface area contributed by atoms with Crippen molar-refractivity contribution in [1.29, 1.82) is 0 Å². The van der Waals surface area contributed by atoms with Crippen molar-refractivity contribution in [3.63, 3.8) is 0 Å². The average molecular weight is 283 g/mol. The maximum absolute atomic E-state index is 6.08. The molecule has 2 rings (SSSR count). The first-order valence-corrected chi connectivity index (χ1v) is 7.84. The van der Waals surface area contributed by atoms with Gasteiger partial charge in [-0.15, -0.1) is 0 Å². The van der Waals surface area contributed by atoms with Crippen LogP contribution in [0.3, 0.4) is 0 Å². The maximum Gasteiger partial charge on any atom is 0.0498 e. The van der Waals surface area contributed by atoms with Crippen molar-refractivity contribution in [3.8, 4) is 0 Å². The third-order valence-corrected chi connectivity index (χ3v) is 4.26. The Hall–Kier alpha value is -0.640. The molecule has 1 aromatic heterocycles. The Bertz CT molecular complexity index is 522. The van der Waals surface area contributed by atoms with Crippen LogP contribution in [0.2, 0.25) is 5.02 Å². The quantitative estimate of drug-likeness (QED) is 0.815. The summed E-state index contributed by atoms with van der Waals surface area (Å²) in [5.41, 5.74) is 8.19. The van der Waals surface area contributed by atoms with Gasteiger partial charge in [0.2, 0.25) is 0 Å². The van der Waals surface area contributed by atoms with E-state index in [1.54, 1.807) is 0 Å². The smallest absolute Gasteiger partial charge is 0.0498 e. The molecule has 0 aliphatic heterocycles. The number of halogens is 1. The zero-order valence-electron chi connectivity index (χ0n) is 10.7. The van der Waals surface area contributed by atoms with Crippen molar-refractivity contribution in [1.82, 2.24) is 4.57 Å². The molecule has 0 saturated heterocycles. The molecule has 0 aliphatic carbocycles. The molecule has 1 aromatic carbocycles. The molecular weight excluding hydrogens is 264 g/mol. The van der Waals surface area contributed by atoms with E-state index in [-0.39, 0.29) is 0 Å². The van der Waals surface area contributed by atoms with Gasteiger partial charge in [0.15, 0.2) is 0 Å². The van der Waals surface area contributed by atoms with Gasteiger partial charge in [-0.25, -0.2) is 0 Å². The van der Waals surface area contributed by atoms with Gasteiger partial charge in [0.25, 0.3) is 0 Å². The van der Waals surface area contributed by atoms with Crippen molar-refractivity contribution in [2.75, 3.05) is 11.5 Å². The van der Waals surface area contributed by atoms with Gasteiger partial charge in [-0.2, -0.15) is 11.8 Å². The molecule has 0 atom stereocenters. The second-order valence-corrected chi connectivity index (χ2v) is 6.09. The van der Waals surface area contributed by atoms with Gasteiger partial charge >= 0.3 is 0 Å². The van der Waals surface area contributed by atoms with E-state index in [1.807, 2.05) is 23.9 Å². The zero-order valence-corrected chi connectivity index (χ0v) is 12.2. The summed E-state index contributed by atoms with van der Waals surface area (Å²) >= 11 is 8.06. The minimum absolute atomic E-state index is 0.578. The van der Waals surface area contributed by atoms with E-state index in [4.69, 9.17) is 17.3 Å². The van der Waals surface area contributed by atoms with Crippen molar-refractivity contribution in [2.45, 2.75) is 26.4 Å². The topological polar surface area (TPSA) is 30.9 Å². The molecule has 98 valence electrons. The normalized spacial score (nSPS) is 11.3. The summed E-state index contributed by atoms with van der Waals surface area (Å²) in [6.07, 6.45) is 3.34. The second-order valence-electron chi connectivity index (χ2n) is 4.26. The highest BCUT2D eigenvalue weighted by Gasteiger charge is 2.07. The van der Waals surface area contributed by atoms with Crippen molar-refractivity contribution in [3.05, 3.63) is 35.0 Å². The Labute approximate surface area is 117 Å². The predicted octanol–water partition coefficient (Wildman–Crippen LogP) is 3.90. The van der Waals surface area contributed by atoms with Crippen LogP contribution in [-0.4, -0.2) is 16.1 Å². The second kappa shape index (κ2) is 6.50. The number of aromatic nitrogens is 1. The number of aryl methyl sites for hydroxylation is 1. The van der Waals surface area contributed by atoms with Crippen LogP contribution in [-0.2, 0) is 13.1 Å². The Morgan fingerprint density at radius 3 is 2.94 bits per heavy atom. The number of hydrogen-bond acceptors (Lipinski definition) is 2. The van der Waals surface area contributed by atoms with Crippen molar-refractivity contribution in [2.24, 2.45) is 5.73 Å². The van der Waals surface area contributed by atoms with E-state index < -0.39 is 0 Å². The average Bonchev–Trinajstić information content (AvgIpc) is 2.72. The van der Waals surface area contributed by atoms with Gasteiger partial charge in [0.1, 0.15) is 0 Å². The SMILES string of the molecule is CCSCCCn1cc(CN)c2ccc(Cl)cc21. The lowest BCUT2D eigenvalue weighted by molar-refractivity contribution is 0.706. The minimum Gasteiger partial charge on any atom is -0.347 e. The first kappa shape index (κ1) is 13.8. The third-order valence-electron chi connectivity index (χ3n) is 3.04. The van der Waals surface area contributed by atoms with Crippen LogP contribution in [0.4, 0.5) is 0 Å². The Kier molecular flexibility index (Phi) is 4.98. The summed E-state index contributed by atoms with van der Waals surface area (Å²) in [4.78, 5) is 0. The molecule has 2 aromatic rings. The van der Waals surface area contributed by atoms with Crippen LogP contribution in [0, 0.1) is 0 Å². The van der Waals surface area contributed by atoms with E-state index in [1.165, 1.54) is 34.4 Å². The molecule has 0 unspecified atom stereocenters. The Balaban J connectivity index is 2.23. The van der Waals surface area contributed by atoms with E-state index in [9.17, 15) is 0 Å². The first-order chi connectivity index (χ1) is 8.76. The van der Waals surface area contributed by atoms with Crippen molar-refractivity contribution < 1.29 is 0 Å². The van der Waals surface area contributed by atoms with Gasteiger partial charge in [-0.3, -0.25) is 0 Å². The molecule has 2 nitrogen and oxygen atoms in total. The lowest BCUT2D eigenvalue weighted by atomic mass is 10.2. The summed E-state index contributed by atoms with van der Waals surface area (Å²) < 4.78 is 2.28. The van der Waals surface area contributed by atoms with Gasteiger partial charge in [0.05, 0.1) is 0 Å². The first-order valence-electron chi connectivity index (χ1n) is 6.31. The molecule has 0 aliphatic rings. The van der Waals surface area contributed by atoms with Crippen LogP contribution in [0.5, 0.6) is 0 Å². The summed E-state index contributed by atoms with van der Waals surface area (Å²) in [5, 5.41) is 2.01. The minimum atomic E-state index is 0.578. The molecule has 0 fully saturated rings. The van der Waals surface area contributed by atoms with E-state index in [2.05, 4.69) is 23.8 Å². The molecule has 0 spiro atoms. The number of nitrogens with zero attached hydrogens (tertiary/aromatic N) is 1. The van der Waals surface area contributed by atoms with Crippen LogP contribution in [0.1, 0.15) is 18.9 Å². The van der Waals surface area contributed by atoms with Gasteiger partial charge < -0.3 is 10.3 Å². The van der Waals surface area contributed by atoms with E-state index in [0.29, 0.717) is 6.54 Å². The van der Waals surface area contributed by atoms with Crippen LogP contribution >= 0.6 is 23.4 Å². The fraction of sp³-hybridized carbons (Fsp3) is 0.429. The molecule has 2 N–H and O–H groups in total. The summed E-state index contributed by atoms with van der Waals surface area (Å²) in [5.74, 6) is 2.39. The summed E-state index contributed by atoms with van der Waals surface area (Å²) in [6.45, 7) is 3.81. The highest BCUT2D eigenvalue weighted by molar-refractivity contribution is 7.99. The molecule has 0 saturated carbocycles. The highest BCUT2D eigenvalue weighted by atomic mass is 35.5. The molecule has 18 heavy (non-hydrogen) atoms. The molecular formula is C14H19ClN2S. The maximum atomic E-state index is 6.08. The fourth-order valence-corrected chi connectivity index (χ4v) is 2.96. The van der Waals surface area contributed by atoms with E-state index in [0.717, 1.165) is 11.6 Å². The van der Waals surface area contributed by atoms with Crippen LogP contribution in [0.25, 0.3) is 10.9 Å². The van der Waals surface area contributed by atoms with Gasteiger partial charge in [-0.1, -0.05) is 24.6 Å². The summed E-state index contributed by atoms with van der Waals surface area (Å²) in [7, 11) is 0. The van der Waals surface area contributed by atoms with Gasteiger partial charge in [0, 0.05) is 35.2 Å². The molecule has 4 heteroatoms. The van der Waals surface area contributed by atoms with Crippen molar-refractivity contribution >= 4 is 34.3 Å². The Morgan fingerprint density at radius 1 is 1.39 bits per heavy atom. The number of thioether (sulfide) groups is 1. The predicted molar refractivity (Wildman–Crippen MR) is 82.5 cm³/mol. The monoisotopic (exact) mass is 282 g/mol. The zero-order chi connectivity index (χ0) is 13.0. The lowest BCUT2D eigenvalue weighted by Gasteiger charge is -2.05. The van der Waals surface area contributed by atoms with Crippen LogP contribution in [0.15, 0.2) is 24.4 Å². The number of benzene rings is 1. The number of hydrogen-bond donors (Lipinski definition) is 1. The fourth-order valence-electron chi connectivity index (χ4n) is 2.17. The molecule has 1 heterocycles. The standard InChI is InChI=1S/C14H19ClN2S/c1-2-18-7-3-6-17-10-11(9-16)13-5-4-12(15)8-14(13)17/h4-5,8,10H,2-3,6-7,9,16H2,1H3. The van der Waals surface area contributed by atoms with Gasteiger partial charge in [-0.05, 0) is 35.6 Å².